The average Bonchev–Trinajstić information content (AvgIpc) is 2.56. The molecule has 1 heterocycles. The molecule has 0 saturated carbocycles. The number of nitrogen functional groups attached to an aromatic ring is 1. The molecule has 0 aliphatic carbocycles. The molecule has 1 aromatic heterocycles. The van der Waals surface area contributed by atoms with E-state index >= 15 is 0 Å². The van der Waals surface area contributed by atoms with Crippen molar-refractivity contribution in [3.8, 4) is 0 Å². The molecule has 0 aliphatic rings. The van der Waals surface area contributed by atoms with Crippen molar-refractivity contribution >= 4 is 16.7 Å². The second-order valence-corrected chi connectivity index (χ2v) is 3.39. The van der Waals surface area contributed by atoms with E-state index in [0.717, 1.165) is 22.4 Å². The van der Waals surface area contributed by atoms with Crippen LogP contribution >= 0.6 is 0 Å². The van der Waals surface area contributed by atoms with Crippen LogP contribution in [-0.4, -0.2) is 7.05 Å². The third-order valence-corrected chi connectivity index (χ3v) is 2.49. The Bertz CT molecular complexity index is 447. The van der Waals surface area contributed by atoms with E-state index in [1.807, 2.05) is 38.2 Å². The zero-order chi connectivity index (χ0) is 10.1. The summed E-state index contributed by atoms with van der Waals surface area (Å²) in [6.45, 7) is 2.02. The molecule has 0 amide bonds. The molecular weight excluding hydrogens is 176 g/mol. The second kappa shape index (κ2) is 3.35. The van der Waals surface area contributed by atoms with Crippen molar-refractivity contribution in [2.24, 2.45) is 0 Å². The van der Waals surface area contributed by atoms with Gasteiger partial charge in [0.15, 0.2) is 0 Å². The third kappa shape index (κ3) is 1.26. The lowest BCUT2D eigenvalue weighted by Gasteiger charge is -2.06. The van der Waals surface area contributed by atoms with Crippen molar-refractivity contribution in [1.29, 1.82) is 0 Å². The van der Waals surface area contributed by atoms with Crippen molar-refractivity contribution in [1.82, 2.24) is 5.32 Å². The predicted molar refractivity (Wildman–Crippen MR) is 58.1 cm³/mol. The van der Waals surface area contributed by atoms with Crippen molar-refractivity contribution in [3.63, 3.8) is 0 Å². The molecule has 3 nitrogen and oxygen atoms in total. The average molecular weight is 190 g/mol. The van der Waals surface area contributed by atoms with E-state index in [4.69, 9.17) is 10.2 Å². The minimum atomic E-state index is 0.141. The maximum atomic E-state index is 5.98. The molecule has 74 valence electrons. The molecule has 0 saturated heterocycles. The maximum Gasteiger partial charge on any atom is 0.144 e. The zero-order valence-corrected chi connectivity index (χ0v) is 8.37. The van der Waals surface area contributed by atoms with Crippen LogP contribution in [0.4, 0.5) is 5.69 Å². The fraction of sp³-hybridized carbons (Fsp3) is 0.273. The number of benzene rings is 1. The van der Waals surface area contributed by atoms with Crippen molar-refractivity contribution < 1.29 is 4.42 Å². The molecule has 1 aromatic carbocycles. The van der Waals surface area contributed by atoms with Crippen LogP contribution in [0.5, 0.6) is 0 Å². The highest BCUT2D eigenvalue weighted by molar-refractivity contribution is 5.91. The molecule has 3 N–H and O–H groups in total. The molecule has 0 spiro atoms. The summed E-state index contributed by atoms with van der Waals surface area (Å²) in [5.74, 6) is 0.814. The summed E-state index contributed by atoms with van der Waals surface area (Å²) in [5.41, 5.74) is 7.57. The second-order valence-electron chi connectivity index (χ2n) is 3.39. The first-order chi connectivity index (χ1) is 6.74. The lowest BCUT2D eigenvalue weighted by atomic mass is 10.2. The van der Waals surface area contributed by atoms with Gasteiger partial charge in [-0.25, -0.2) is 0 Å². The Labute approximate surface area is 82.9 Å². The highest BCUT2D eigenvalue weighted by atomic mass is 16.3. The number of fused-ring (bicyclic) bond motifs is 1. The maximum absolute atomic E-state index is 5.98. The topological polar surface area (TPSA) is 51.2 Å². The summed E-state index contributed by atoms with van der Waals surface area (Å²) >= 11 is 0. The smallest absolute Gasteiger partial charge is 0.144 e. The van der Waals surface area contributed by atoms with Crippen LogP contribution in [0.3, 0.4) is 0 Å². The molecule has 0 radical (unpaired) electrons. The van der Waals surface area contributed by atoms with Gasteiger partial charge < -0.3 is 15.5 Å². The molecule has 0 bridgehead atoms. The summed E-state index contributed by atoms with van der Waals surface area (Å²) in [7, 11) is 1.89. The van der Waals surface area contributed by atoms with Crippen molar-refractivity contribution in [2.45, 2.75) is 13.0 Å². The van der Waals surface area contributed by atoms with Crippen molar-refractivity contribution in [2.75, 3.05) is 12.8 Å². The van der Waals surface area contributed by atoms with Crippen LogP contribution in [0.15, 0.2) is 28.7 Å². The van der Waals surface area contributed by atoms with Gasteiger partial charge in [0.2, 0.25) is 0 Å². The van der Waals surface area contributed by atoms with E-state index < -0.39 is 0 Å². The Kier molecular flexibility index (Phi) is 2.17. The normalized spacial score (nSPS) is 13.3. The first-order valence-corrected chi connectivity index (χ1v) is 4.68. The Morgan fingerprint density at radius 3 is 2.71 bits per heavy atom. The van der Waals surface area contributed by atoms with Crippen LogP contribution in [0, 0.1) is 0 Å². The van der Waals surface area contributed by atoms with E-state index in [9.17, 15) is 0 Å². The SMILES string of the molecule is CNC(C)c1oc2ccccc2c1N. The molecule has 0 fully saturated rings. The van der Waals surface area contributed by atoms with Crippen LogP contribution in [0.1, 0.15) is 18.7 Å². The van der Waals surface area contributed by atoms with Gasteiger partial charge in [-0.2, -0.15) is 0 Å². The van der Waals surface area contributed by atoms with E-state index in [-0.39, 0.29) is 6.04 Å². The Morgan fingerprint density at radius 2 is 2.07 bits per heavy atom. The first kappa shape index (κ1) is 9.09. The highest BCUT2D eigenvalue weighted by Gasteiger charge is 2.15. The number of hydrogen-bond acceptors (Lipinski definition) is 3. The third-order valence-electron chi connectivity index (χ3n) is 2.49. The lowest BCUT2D eigenvalue weighted by molar-refractivity contribution is 0.477. The summed E-state index contributed by atoms with van der Waals surface area (Å²) in [5, 5.41) is 4.10. The van der Waals surface area contributed by atoms with Gasteiger partial charge in [0.05, 0.1) is 11.7 Å². The Morgan fingerprint density at radius 1 is 1.36 bits per heavy atom. The van der Waals surface area contributed by atoms with Crippen LogP contribution < -0.4 is 11.1 Å². The van der Waals surface area contributed by atoms with E-state index in [0.29, 0.717) is 0 Å². The molecule has 0 aliphatic heterocycles. The molecule has 1 unspecified atom stereocenters. The number of anilines is 1. The van der Waals surface area contributed by atoms with Crippen LogP contribution in [0.2, 0.25) is 0 Å². The fourth-order valence-electron chi connectivity index (χ4n) is 1.54. The standard InChI is InChI=1S/C11H14N2O/c1-7(13-2)11-10(12)8-5-3-4-6-9(8)14-11/h3-7,13H,12H2,1-2H3. The van der Waals surface area contributed by atoms with E-state index in [1.165, 1.54) is 0 Å². The molecule has 2 rings (SSSR count). The molecule has 14 heavy (non-hydrogen) atoms. The number of rotatable bonds is 2. The highest BCUT2D eigenvalue weighted by Crippen LogP contribution is 2.31. The predicted octanol–water partition coefficient (Wildman–Crippen LogP) is 2.30. The van der Waals surface area contributed by atoms with Crippen LogP contribution in [0.25, 0.3) is 11.0 Å². The van der Waals surface area contributed by atoms with Gasteiger partial charge >= 0.3 is 0 Å². The number of hydrogen-bond donors (Lipinski definition) is 2. The largest absolute Gasteiger partial charge is 0.457 e. The Hall–Kier alpha value is -1.48. The van der Waals surface area contributed by atoms with Gasteiger partial charge in [-0.15, -0.1) is 0 Å². The van der Waals surface area contributed by atoms with E-state index in [2.05, 4.69) is 5.32 Å². The first-order valence-electron chi connectivity index (χ1n) is 4.68. The summed E-state index contributed by atoms with van der Waals surface area (Å²) in [4.78, 5) is 0. The van der Waals surface area contributed by atoms with Gasteiger partial charge in [-0.1, -0.05) is 12.1 Å². The summed E-state index contributed by atoms with van der Waals surface area (Å²) < 4.78 is 5.66. The van der Waals surface area contributed by atoms with Crippen LogP contribution in [-0.2, 0) is 0 Å². The van der Waals surface area contributed by atoms with Gasteiger partial charge in [0.25, 0.3) is 0 Å². The molecule has 2 aromatic rings. The number of furan rings is 1. The molecule has 1 atom stereocenters. The number of nitrogens with one attached hydrogen (secondary N) is 1. The summed E-state index contributed by atoms with van der Waals surface area (Å²) in [6, 6.07) is 7.95. The van der Waals surface area contributed by atoms with Crippen molar-refractivity contribution in [3.05, 3.63) is 30.0 Å². The Balaban J connectivity index is 2.62. The minimum absolute atomic E-state index is 0.141. The summed E-state index contributed by atoms with van der Waals surface area (Å²) in [6.07, 6.45) is 0. The van der Waals surface area contributed by atoms with Gasteiger partial charge in [-0.3, -0.25) is 0 Å². The number of para-hydroxylation sites is 1. The van der Waals surface area contributed by atoms with Gasteiger partial charge in [0.1, 0.15) is 11.3 Å². The van der Waals surface area contributed by atoms with Gasteiger partial charge in [0, 0.05) is 5.39 Å². The van der Waals surface area contributed by atoms with E-state index in [1.54, 1.807) is 0 Å². The minimum Gasteiger partial charge on any atom is -0.457 e. The fourth-order valence-corrected chi connectivity index (χ4v) is 1.54. The lowest BCUT2D eigenvalue weighted by Crippen LogP contribution is -2.12. The van der Waals surface area contributed by atoms with Gasteiger partial charge in [-0.05, 0) is 26.1 Å². The molecular formula is C11H14N2O. The number of nitrogens with two attached hydrogens (primary N) is 1. The zero-order valence-electron chi connectivity index (χ0n) is 8.37. The molecule has 3 heteroatoms. The monoisotopic (exact) mass is 190 g/mol. The quantitative estimate of drug-likeness (QED) is 0.764.